The Bertz CT molecular complexity index is 841. The lowest BCUT2D eigenvalue weighted by Gasteiger charge is -2.27. The third-order valence-corrected chi connectivity index (χ3v) is 5.35. The third-order valence-electron chi connectivity index (χ3n) is 4.48. The molecule has 0 fully saturated rings. The number of aliphatic hydroxyl groups excluding tert-OH is 1. The van der Waals surface area contributed by atoms with E-state index < -0.39 is 17.7 Å². The molecule has 136 valence electrons. The summed E-state index contributed by atoms with van der Waals surface area (Å²) in [4.78, 5) is 27.8. The molecule has 0 saturated heterocycles. The number of ether oxygens (including phenoxy) is 1. The zero-order valence-electron chi connectivity index (χ0n) is 14.8. The SMILES string of the molecule is CCCCN1C(=O)C(O)=C(C(=O)c2cccs2)C1c1ccccc1OC. The second-order valence-electron chi connectivity index (χ2n) is 6.07. The highest BCUT2D eigenvalue weighted by Crippen LogP contribution is 2.42. The van der Waals surface area contributed by atoms with Gasteiger partial charge in [-0.3, -0.25) is 9.59 Å². The first-order valence-electron chi connectivity index (χ1n) is 8.55. The lowest BCUT2D eigenvalue weighted by molar-refractivity contribution is -0.129. The van der Waals surface area contributed by atoms with Crippen molar-refractivity contribution in [2.75, 3.05) is 13.7 Å². The van der Waals surface area contributed by atoms with E-state index in [4.69, 9.17) is 4.74 Å². The zero-order chi connectivity index (χ0) is 18.7. The van der Waals surface area contributed by atoms with Gasteiger partial charge in [0.2, 0.25) is 5.78 Å². The number of nitrogens with zero attached hydrogens (tertiary/aromatic N) is 1. The van der Waals surface area contributed by atoms with Crippen LogP contribution in [0, 0.1) is 0 Å². The van der Waals surface area contributed by atoms with Crippen molar-refractivity contribution in [3.8, 4) is 5.75 Å². The summed E-state index contributed by atoms with van der Waals surface area (Å²) in [6.45, 7) is 2.49. The van der Waals surface area contributed by atoms with Crippen LogP contribution < -0.4 is 4.74 Å². The first kappa shape index (κ1) is 18.2. The van der Waals surface area contributed by atoms with Crippen LogP contribution in [0.15, 0.2) is 53.1 Å². The van der Waals surface area contributed by atoms with Crippen molar-refractivity contribution in [1.29, 1.82) is 0 Å². The molecule has 1 aromatic heterocycles. The number of ketones is 1. The highest BCUT2D eigenvalue weighted by atomic mass is 32.1. The second kappa shape index (κ2) is 7.74. The number of benzene rings is 1. The van der Waals surface area contributed by atoms with Gasteiger partial charge in [0, 0.05) is 12.1 Å². The Morgan fingerprint density at radius 2 is 2.04 bits per heavy atom. The van der Waals surface area contributed by atoms with Crippen LogP contribution in [0.4, 0.5) is 0 Å². The summed E-state index contributed by atoms with van der Waals surface area (Å²) in [6, 6.07) is 10.1. The molecule has 2 heterocycles. The lowest BCUT2D eigenvalue weighted by Crippen LogP contribution is -2.32. The second-order valence-corrected chi connectivity index (χ2v) is 7.01. The van der Waals surface area contributed by atoms with Gasteiger partial charge in [-0.1, -0.05) is 37.6 Å². The highest BCUT2D eigenvalue weighted by Gasteiger charge is 2.44. The Morgan fingerprint density at radius 1 is 1.27 bits per heavy atom. The molecular weight excluding hydrogens is 350 g/mol. The van der Waals surface area contributed by atoms with Crippen molar-refractivity contribution in [1.82, 2.24) is 4.90 Å². The summed E-state index contributed by atoms with van der Waals surface area (Å²) in [5.74, 6) is -0.705. The number of hydrogen-bond acceptors (Lipinski definition) is 5. The summed E-state index contributed by atoms with van der Waals surface area (Å²) in [5.41, 5.74) is 0.821. The van der Waals surface area contributed by atoms with Crippen molar-refractivity contribution in [2.45, 2.75) is 25.8 Å². The van der Waals surface area contributed by atoms with Gasteiger partial charge >= 0.3 is 0 Å². The number of rotatable bonds is 7. The Kier molecular flexibility index (Phi) is 5.42. The topological polar surface area (TPSA) is 66.8 Å². The fourth-order valence-electron chi connectivity index (χ4n) is 3.20. The molecule has 26 heavy (non-hydrogen) atoms. The van der Waals surface area contributed by atoms with E-state index >= 15 is 0 Å². The van der Waals surface area contributed by atoms with E-state index in [1.54, 1.807) is 35.6 Å². The predicted molar refractivity (Wildman–Crippen MR) is 101 cm³/mol. The van der Waals surface area contributed by atoms with Gasteiger partial charge in [0.15, 0.2) is 5.76 Å². The van der Waals surface area contributed by atoms with E-state index in [2.05, 4.69) is 0 Å². The van der Waals surface area contributed by atoms with Crippen LogP contribution in [0.25, 0.3) is 0 Å². The molecule has 6 heteroatoms. The number of carbonyl (C=O) groups excluding carboxylic acids is 2. The Labute approximate surface area is 156 Å². The molecule has 0 spiro atoms. The average molecular weight is 371 g/mol. The van der Waals surface area contributed by atoms with E-state index in [9.17, 15) is 14.7 Å². The van der Waals surface area contributed by atoms with Crippen molar-refractivity contribution in [2.24, 2.45) is 0 Å². The average Bonchev–Trinajstić information content (AvgIpc) is 3.28. The van der Waals surface area contributed by atoms with Gasteiger partial charge in [-0.15, -0.1) is 11.3 Å². The Balaban J connectivity index is 2.12. The highest BCUT2D eigenvalue weighted by molar-refractivity contribution is 7.12. The number of carbonyl (C=O) groups is 2. The maximum Gasteiger partial charge on any atom is 0.290 e. The minimum atomic E-state index is -0.653. The molecule has 1 aliphatic heterocycles. The van der Waals surface area contributed by atoms with Gasteiger partial charge in [-0.05, 0) is 23.9 Å². The number of methoxy groups -OCH3 is 1. The molecule has 0 bridgehead atoms. The maximum atomic E-state index is 13.0. The van der Waals surface area contributed by atoms with Crippen LogP contribution >= 0.6 is 11.3 Å². The summed E-state index contributed by atoms with van der Waals surface area (Å²) in [5, 5.41) is 12.3. The number of aliphatic hydroxyl groups is 1. The quantitative estimate of drug-likeness (QED) is 0.743. The summed E-state index contributed by atoms with van der Waals surface area (Å²) < 4.78 is 5.45. The maximum absolute atomic E-state index is 13.0. The molecule has 1 N–H and O–H groups in total. The minimum Gasteiger partial charge on any atom is -0.503 e. The smallest absolute Gasteiger partial charge is 0.290 e. The van der Waals surface area contributed by atoms with E-state index in [0.29, 0.717) is 22.7 Å². The van der Waals surface area contributed by atoms with Crippen molar-refractivity contribution in [3.63, 3.8) is 0 Å². The summed E-state index contributed by atoms with van der Waals surface area (Å²) in [7, 11) is 1.55. The van der Waals surface area contributed by atoms with E-state index in [-0.39, 0.29) is 11.4 Å². The Hall–Kier alpha value is -2.60. The first-order chi connectivity index (χ1) is 12.6. The minimum absolute atomic E-state index is 0.123. The summed E-state index contributed by atoms with van der Waals surface area (Å²) >= 11 is 1.29. The van der Waals surface area contributed by atoms with Crippen LogP contribution in [0.5, 0.6) is 5.75 Å². The molecule has 0 aliphatic carbocycles. The molecule has 1 aromatic carbocycles. The van der Waals surface area contributed by atoms with Crippen molar-refractivity contribution >= 4 is 23.0 Å². The van der Waals surface area contributed by atoms with Gasteiger partial charge in [0.25, 0.3) is 5.91 Å². The number of hydrogen-bond donors (Lipinski definition) is 1. The van der Waals surface area contributed by atoms with Crippen LogP contribution in [-0.4, -0.2) is 35.4 Å². The predicted octanol–water partition coefficient (Wildman–Crippen LogP) is 4.14. The first-order valence-corrected chi connectivity index (χ1v) is 9.43. The number of thiophene rings is 1. The molecule has 0 radical (unpaired) electrons. The van der Waals surface area contributed by atoms with Gasteiger partial charge < -0.3 is 14.7 Å². The molecule has 1 unspecified atom stereocenters. The van der Waals surface area contributed by atoms with Crippen LogP contribution in [0.3, 0.4) is 0 Å². The molecule has 1 atom stereocenters. The summed E-state index contributed by atoms with van der Waals surface area (Å²) in [6.07, 6.45) is 1.68. The van der Waals surface area contributed by atoms with Crippen molar-refractivity contribution in [3.05, 3.63) is 63.6 Å². The molecule has 3 rings (SSSR count). The molecule has 2 aromatic rings. The molecule has 0 saturated carbocycles. The molecule has 1 amide bonds. The lowest BCUT2D eigenvalue weighted by atomic mass is 9.94. The zero-order valence-corrected chi connectivity index (χ0v) is 15.6. The van der Waals surface area contributed by atoms with E-state index in [0.717, 1.165) is 12.8 Å². The number of Topliss-reactive ketones (excluding diaryl/α,β-unsaturated/α-hetero) is 1. The monoisotopic (exact) mass is 371 g/mol. The van der Waals surface area contributed by atoms with Crippen molar-refractivity contribution < 1.29 is 19.4 Å². The largest absolute Gasteiger partial charge is 0.503 e. The molecule has 1 aliphatic rings. The van der Waals surface area contributed by atoms with Gasteiger partial charge in [0.1, 0.15) is 5.75 Å². The Morgan fingerprint density at radius 3 is 2.69 bits per heavy atom. The molecule has 5 nitrogen and oxygen atoms in total. The standard InChI is InChI=1S/C20H21NO4S/c1-3-4-11-21-17(13-8-5-6-9-14(13)25-2)16(19(23)20(21)24)18(22)15-10-7-12-26-15/h5-10,12,17,23H,3-4,11H2,1-2H3. The van der Waals surface area contributed by atoms with Gasteiger partial charge in [0.05, 0.1) is 23.6 Å². The van der Waals surface area contributed by atoms with E-state index in [1.807, 2.05) is 25.1 Å². The van der Waals surface area contributed by atoms with Gasteiger partial charge in [-0.2, -0.15) is 0 Å². The van der Waals surface area contributed by atoms with E-state index in [1.165, 1.54) is 11.3 Å². The van der Waals surface area contributed by atoms with Crippen LogP contribution in [0.1, 0.15) is 41.0 Å². The normalized spacial score (nSPS) is 17.1. The van der Waals surface area contributed by atoms with Gasteiger partial charge in [-0.25, -0.2) is 0 Å². The fourth-order valence-corrected chi connectivity index (χ4v) is 3.88. The third kappa shape index (κ3) is 3.12. The molecular formula is C20H21NO4S. The fraction of sp³-hybridized carbons (Fsp3) is 0.300. The number of para-hydroxylation sites is 1. The number of unbranched alkanes of at least 4 members (excludes halogenated alkanes) is 1. The number of amides is 1. The van der Waals surface area contributed by atoms with Crippen LogP contribution in [0.2, 0.25) is 0 Å². The van der Waals surface area contributed by atoms with Crippen LogP contribution in [-0.2, 0) is 4.79 Å².